The maximum atomic E-state index is 10.2. The van der Waals surface area contributed by atoms with Crippen LogP contribution in [0.4, 0.5) is 0 Å². The Balaban J connectivity index is 1.72. The number of likely N-dealkylation sites (N-methyl/N-ethyl adjacent to an activating group) is 1. The molecule has 1 saturated carbocycles. The van der Waals surface area contributed by atoms with Crippen LogP contribution in [0.15, 0.2) is 24.3 Å². The lowest BCUT2D eigenvalue weighted by Gasteiger charge is -2.29. The Morgan fingerprint density at radius 2 is 1.76 bits per heavy atom. The Hall–Kier alpha value is -1.06. The van der Waals surface area contributed by atoms with Gasteiger partial charge in [-0.2, -0.15) is 0 Å². The zero-order chi connectivity index (χ0) is 15.1. The van der Waals surface area contributed by atoms with E-state index >= 15 is 0 Å². The van der Waals surface area contributed by atoms with E-state index in [0.29, 0.717) is 19.2 Å². The van der Waals surface area contributed by atoms with Gasteiger partial charge in [-0.05, 0) is 38.9 Å². The summed E-state index contributed by atoms with van der Waals surface area (Å²) in [5.74, 6) is 0.830. The lowest BCUT2D eigenvalue weighted by Crippen LogP contribution is -2.39. The van der Waals surface area contributed by atoms with E-state index in [9.17, 15) is 5.11 Å². The van der Waals surface area contributed by atoms with Gasteiger partial charge in [0.15, 0.2) is 0 Å². The fourth-order valence-electron chi connectivity index (χ4n) is 3.06. The van der Waals surface area contributed by atoms with Crippen LogP contribution in [0.5, 0.6) is 5.75 Å². The number of rotatable bonds is 6. The Morgan fingerprint density at radius 3 is 2.38 bits per heavy atom. The standard InChI is InChI=1S/C18H29NO2/c1-15-9-11-18(12-10-15)21-14-17(20)13-19(2)16-7-5-3-4-6-8-16/h9-12,16-17,20H,3-8,13-14H2,1-2H3. The molecule has 1 aliphatic carbocycles. The van der Waals surface area contributed by atoms with Crippen molar-refractivity contribution in [2.75, 3.05) is 20.2 Å². The van der Waals surface area contributed by atoms with E-state index < -0.39 is 6.10 Å². The van der Waals surface area contributed by atoms with Crippen molar-refractivity contribution in [1.82, 2.24) is 4.90 Å². The third-order valence-electron chi connectivity index (χ3n) is 4.41. The van der Waals surface area contributed by atoms with Gasteiger partial charge in [-0.15, -0.1) is 0 Å². The topological polar surface area (TPSA) is 32.7 Å². The van der Waals surface area contributed by atoms with Gasteiger partial charge in [0.1, 0.15) is 18.5 Å². The Kier molecular flexibility index (Phi) is 6.52. The fraction of sp³-hybridized carbons (Fsp3) is 0.667. The molecular weight excluding hydrogens is 262 g/mol. The van der Waals surface area contributed by atoms with Gasteiger partial charge in [0, 0.05) is 12.6 Å². The van der Waals surface area contributed by atoms with Crippen molar-refractivity contribution in [3.8, 4) is 5.75 Å². The van der Waals surface area contributed by atoms with Crippen LogP contribution in [-0.2, 0) is 0 Å². The molecule has 1 atom stereocenters. The van der Waals surface area contributed by atoms with Crippen LogP contribution in [0, 0.1) is 6.92 Å². The molecule has 0 heterocycles. The van der Waals surface area contributed by atoms with Crippen molar-refractivity contribution >= 4 is 0 Å². The molecule has 3 nitrogen and oxygen atoms in total. The number of aryl methyl sites for hydroxylation is 1. The highest BCUT2D eigenvalue weighted by atomic mass is 16.5. The van der Waals surface area contributed by atoms with Crippen LogP contribution in [0.25, 0.3) is 0 Å². The van der Waals surface area contributed by atoms with Crippen LogP contribution in [0.1, 0.15) is 44.1 Å². The first-order valence-electron chi connectivity index (χ1n) is 8.23. The van der Waals surface area contributed by atoms with Crippen LogP contribution in [0.2, 0.25) is 0 Å². The minimum atomic E-state index is -0.431. The highest BCUT2D eigenvalue weighted by Crippen LogP contribution is 2.21. The van der Waals surface area contributed by atoms with Crippen LogP contribution in [-0.4, -0.2) is 42.4 Å². The SMILES string of the molecule is Cc1ccc(OCC(O)CN(C)C2CCCCCC2)cc1. The highest BCUT2D eigenvalue weighted by molar-refractivity contribution is 5.26. The molecule has 0 spiro atoms. The Bertz CT molecular complexity index is 396. The van der Waals surface area contributed by atoms with Crippen LogP contribution < -0.4 is 4.74 Å². The lowest BCUT2D eigenvalue weighted by molar-refractivity contribution is 0.0603. The number of nitrogens with zero attached hydrogens (tertiary/aromatic N) is 1. The molecule has 1 fully saturated rings. The van der Waals surface area contributed by atoms with E-state index in [2.05, 4.69) is 18.9 Å². The molecule has 0 aliphatic heterocycles. The molecule has 118 valence electrons. The van der Waals surface area contributed by atoms with Gasteiger partial charge in [0.25, 0.3) is 0 Å². The van der Waals surface area contributed by atoms with E-state index in [4.69, 9.17) is 4.74 Å². The third kappa shape index (κ3) is 5.68. The Labute approximate surface area is 128 Å². The predicted octanol–water partition coefficient (Wildman–Crippen LogP) is 3.39. The maximum absolute atomic E-state index is 10.2. The van der Waals surface area contributed by atoms with Gasteiger partial charge in [-0.25, -0.2) is 0 Å². The average Bonchev–Trinajstić information content (AvgIpc) is 2.76. The largest absolute Gasteiger partial charge is 0.491 e. The number of ether oxygens (including phenoxy) is 1. The van der Waals surface area contributed by atoms with E-state index in [1.165, 1.54) is 44.1 Å². The summed E-state index contributed by atoms with van der Waals surface area (Å²) in [7, 11) is 2.13. The van der Waals surface area contributed by atoms with Gasteiger partial charge in [-0.3, -0.25) is 0 Å². The molecule has 0 saturated heterocycles. The summed E-state index contributed by atoms with van der Waals surface area (Å²) in [6.45, 7) is 3.11. The maximum Gasteiger partial charge on any atom is 0.119 e. The monoisotopic (exact) mass is 291 g/mol. The molecule has 0 bridgehead atoms. The van der Waals surface area contributed by atoms with Gasteiger partial charge >= 0.3 is 0 Å². The van der Waals surface area contributed by atoms with Gasteiger partial charge in [-0.1, -0.05) is 43.4 Å². The molecular formula is C18H29NO2. The van der Waals surface area contributed by atoms with Gasteiger partial charge < -0.3 is 14.7 Å². The second kappa shape index (κ2) is 8.40. The minimum Gasteiger partial charge on any atom is -0.491 e. The normalized spacial score (nSPS) is 18.5. The second-order valence-corrected chi connectivity index (χ2v) is 6.36. The molecule has 0 amide bonds. The van der Waals surface area contributed by atoms with Crippen molar-refractivity contribution in [2.24, 2.45) is 0 Å². The fourth-order valence-corrected chi connectivity index (χ4v) is 3.06. The highest BCUT2D eigenvalue weighted by Gasteiger charge is 2.19. The predicted molar refractivity (Wildman–Crippen MR) is 86.8 cm³/mol. The van der Waals surface area contributed by atoms with Crippen LogP contribution >= 0.6 is 0 Å². The summed E-state index contributed by atoms with van der Waals surface area (Å²) in [5.41, 5.74) is 1.22. The molecule has 0 aromatic heterocycles. The van der Waals surface area contributed by atoms with E-state index in [1.54, 1.807) is 0 Å². The first kappa shape index (κ1) is 16.3. The van der Waals surface area contributed by atoms with E-state index in [1.807, 2.05) is 24.3 Å². The number of benzene rings is 1. The summed E-state index contributed by atoms with van der Waals surface area (Å²) >= 11 is 0. The molecule has 2 rings (SSSR count). The molecule has 1 aliphatic rings. The number of aliphatic hydroxyl groups is 1. The summed E-state index contributed by atoms with van der Waals surface area (Å²) < 4.78 is 5.66. The number of hydrogen-bond acceptors (Lipinski definition) is 3. The van der Waals surface area contributed by atoms with E-state index in [-0.39, 0.29) is 0 Å². The van der Waals surface area contributed by atoms with E-state index in [0.717, 1.165) is 5.75 Å². The zero-order valence-corrected chi connectivity index (χ0v) is 13.4. The summed E-state index contributed by atoms with van der Waals surface area (Å²) in [5, 5.41) is 10.2. The van der Waals surface area contributed by atoms with Crippen molar-refractivity contribution in [3.63, 3.8) is 0 Å². The molecule has 0 radical (unpaired) electrons. The molecule has 1 aromatic carbocycles. The lowest BCUT2D eigenvalue weighted by atomic mass is 10.1. The first-order chi connectivity index (χ1) is 10.1. The summed E-state index contributed by atoms with van der Waals surface area (Å²) in [4.78, 5) is 2.31. The molecule has 21 heavy (non-hydrogen) atoms. The number of hydrogen-bond donors (Lipinski definition) is 1. The van der Waals surface area contributed by atoms with Crippen molar-refractivity contribution in [1.29, 1.82) is 0 Å². The third-order valence-corrected chi connectivity index (χ3v) is 4.41. The molecule has 3 heteroatoms. The number of aliphatic hydroxyl groups excluding tert-OH is 1. The van der Waals surface area contributed by atoms with Gasteiger partial charge in [0.2, 0.25) is 0 Å². The second-order valence-electron chi connectivity index (χ2n) is 6.36. The average molecular weight is 291 g/mol. The van der Waals surface area contributed by atoms with Crippen LogP contribution in [0.3, 0.4) is 0 Å². The molecule has 1 N–H and O–H groups in total. The Morgan fingerprint density at radius 1 is 1.14 bits per heavy atom. The van der Waals surface area contributed by atoms with Gasteiger partial charge in [0.05, 0.1) is 0 Å². The summed E-state index contributed by atoms with van der Waals surface area (Å²) in [6, 6.07) is 8.59. The zero-order valence-electron chi connectivity index (χ0n) is 13.4. The van der Waals surface area contributed by atoms with Crippen molar-refractivity contribution < 1.29 is 9.84 Å². The van der Waals surface area contributed by atoms with Crippen molar-refractivity contribution in [2.45, 2.75) is 57.6 Å². The van der Waals surface area contributed by atoms with Crippen molar-refractivity contribution in [3.05, 3.63) is 29.8 Å². The molecule has 1 aromatic rings. The molecule has 1 unspecified atom stereocenters. The quantitative estimate of drug-likeness (QED) is 0.816. The summed E-state index contributed by atoms with van der Waals surface area (Å²) in [6.07, 6.45) is 7.48. The smallest absolute Gasteiger partial charge is 0.119 e. The first-order valence-corrected chi connectivity index (χ1v) is 8.23. The minimum absolute atomic E-state index is 0.361.